The molecule has 3 fully saturated rings. The largest absolute Gasteiger partial charge is 0.488 e. The molecule has 2 aromatic heterocycles. The smallest absolute Gasteiger partial charge is 0.416 e. The summed E-state index contributed by atoms with van der Waals surface area (Å²) in [5, 5.41) is 17.2. The van der Waals surface area contributed by atoms with Gasteiger partial charge in [-0.05, 0) is 64.5 Å². The number of benzene rings is 1. The number of pyridine rings is 1. The number of aromatic nitrogens is 2. The van der Waals surface area contributed by atoms with E-state index >= 15 is 0 Å². The van der Waals surface area contributed by atoms with Gasteiger partial charge in [-0.1, -0.05) is 31.2 Å². The maximum Gasteiger partial charge on any atom is 0.416 e. The third-order valence-electron chi connectivity index (χ3n) is 11.5. The van der Waals surface area contributed by atoms with Crippen LogP contribution in [0.5, 0.6) is 5.75 Å². The highest BCUT2D eigenvalue weighted by Crippen LogP contribution is 2.47. The van der Waals surface area contributed by atoms with Crippen molar-refractivity contribution in [1.82, 2.24) is 30.2 Å². The number of fused-ring (bicyclic) bond motifs is 2. The Balaban J connectivity index is 1.24. The molecule has 2 aliphatic heterocycles. The highest BCUT2D eigenvalue weighted by molar-refractivity contribution is 7.91. The lowest BCUT2D eigenvalue weighted by molar-refractivity contribution is -0.145. The second-order valence-electron chi connectivity index (χ2n) is 15.9. The summed E-state index contributed by atoms with van der Waals surface area (Å²) < 4.78 is 80.3. The number of nitrogens with one attached hydrogen (secondary N) is 3. The first kappa shape index (κ1) is 43.0. The molecule has 0 radical (unpaired) electrons. The number of carboxylic acid groups (broad SMARTS) is 1. The topological polar surface area (TPSA) is 206 Å². The molecule has 1 aromatic carbocycles. The first-order valence-electron chi connectivity index (χ1n) is 19.6. The molecule has 20 heteroatoms. The number of amides is 4. The molecule has 4 aliphatic rings. The van der Waals surface area contributed by atoms with Gasteiger partial charge in [-0.3, -0.25) is 19.1 Å². The maximum atomic E-state index is 14.6. The van der Waals surface area contributed by atoms with E-state index in [1.165, 1.54) is 41.4 Å². The number of nitrogens with zero attached hydrogens (tertiary/aromatic N) is 3. The van der Waals surface area contributed by atoms with E-state index in [2.05, 4.69) is 25.3 Å². The van der Waals surface area contributed by atoms with Crippen molar-refractivity contribution in [1.29, 1.82) is 0 Å². The molecule has 7 rings (SSSR count). The molecule has 4 amide bonds. The predicted octanol–water partition coefficient (Wildman–Crippen LogP) is 5.28. The van der Waals surface area contributed by atoms with Crippen LogP contribution < -0.4 is 20.1 Å². The van der Waals surface area contributed by atoms with Crippen LogP contribution in [-0.4, -0.2) is 99.4 Å². The number of carbonyl (C=O) groups is 4. The fourth-order valence-electron chi connectivity index (χ4n) is 7.64. The third-order valence-corrected chi connectivity index (χ3v) is 14.5. The summed E-state index contributed by atoms with van der Waals surface area (Å²) in [6.45, 7) is 4.82. The van der Waals surface area contributed by atoms with Crippen molar-refractivity contribution in [2.45, 2.75) is 113 Å². The normalized spacial score (nSPS) is 28.5. The van der Waals surface area contributed by atoms with Crippen LogP contribution >= 0.6 is 11.3 Å². The lowest BCUT2D eigenvalue weighted by atomic mass is 10.0. The molecule has 15 nitrogen and oxygen atoms in total. The number of alkyl halides is 3. The Morgan fingerprint density at radius 3 is 2.50 bits per heavy atom. The predicted molar refractivity (Wildman–Crippen MR) is 212 cm³/mol. The van der Waals surface area contributed by atoms with E-state index in [4.69, 9.17) is 9.47 Å². The minimum Gasteiger partial charge on any atom is -0.488 e. The summed E-state index contributed by atoms with van der Waals surface area (Å²) in [5.41, 5.74) is -1.55. The van der Waals surface area contributed by atoms with E-state index in [0.717, 1.165) is 12.1 Å². The minimum absolute atomic E-state index is 0.0876. The molecule has 7 atom stereocenters. The monoisotopic (exact) mass is 874 g/mol. The van der Waals surface area contributed by atoms with Crippen LogP contribution in [0.1, 0.15) is 71.3 Å². The molecule has 4 N–H and O–H groups in total. The number of carbonyl (C=O) groups excluding carboxylic acids is 3. The standard InChI is InChI=1S/C40H45F3N6O9S2/c1-4-31-32(46-37(53)54)35(51)49-21-27(58-26-17-28(45-29(18-26)34-44-15-16-59-34)23-9-11-24(12-10-23)40(41,42)43)19-30(49)33(50)47-39(20-25(39)8-6-5-7-22(2)57-31)36(52)48-60(55,56)38(3)13-14-38/h6,8-12,15-18,22,25,27,30-32,46H,4-5,7,13-14,19-21H2,1-3H3,(H,47,50)(H,48,52)(H,53,54)/b8-6-/t22-,25-,27-,30+,31+,32+,39?/m1/s1. The van der Waals surface area contributed by atoms with Crippen LogP contribution in [-0.2, 0) is 35.3 Å². The van der Waals surface area contributed by atoms with Crippen molar-refractivity contribution >= 4 is 45.2 Å². The molecule has 3 aromatic rings. The zero-order chi connectivity index (χ0) is 43.2. The van der Waals surface area contributed by atoms with Crippen molar-refractivity contribution in [2.75, 3.05) is 6.54 Å². The van der Waals surface area contributed by atoms with Gasteiger partial charge >= 0.3 is 12.3 Å². The van der Waals surface area contributed by atoms with Crippen LogP contribution in [0, 0.1) is 5.92 Å². The van der Waals surface area contributed by atoms with E-state index in [9.17, 15) is 45.9 Å². The molecule has 4 heterocycles. The molecule has 60 heavy (non-hydrogen) atoms. The Morgan fingerprint density at radius 2 is 1.87 bits per heavy atom. The zero-order valence-corrected chi connectivity index (χ0v) is 34.5. The van der Waals surface area contributed by atoms with Crippen LogP contribution in [0.3, 0.4) is 0 Å². The van der Waals surface area contributed by atoms with Gasteiger partial charge in [0.05, 0.1) is 34.8 Å². The summed E-state index contributed by atoms with van der Waals surface area (Å²) in [6.07, 6.45) is -1.35. The van der Waals surface area contributed by atoms with Crippen molar-refractivity contribution < 1.29 is 55.3 Å². The Labute approximate surface area is 348 Å². The van der Waals surface area contributed by atoms with Gasteiger partial charge in [-0.15, -0.1) is 11.3 Å². The lowest BCUT2D eigenvalue weighted by Gasteiger charge is -2.33. The van der Waals surface area contributed by atoms with Crippen LogP contribution in [0.4, 0.5) is 18.0 Å². The molecular weight excluding hydrogens is 830 g/mol. The SMILES string of the molecule is CC[C@@H]1O[C@H](C)CC/C=C\[C@@H]2CC2(C(=O)NS(=O)(=O)C2(C)CC2)NC(=O)[C@@H]2C[C@@H](Oc3cc(-c4ccc(C(F)(F)F)cc4)nc(-c4nccs4)c3)CN2C(=O)[C@H]1NC(=O)O. The van der Waals surface area contributed by atoms with Gasteiger partial charge in [-0.2, -0.15) is 13.2 Å². The number of sulfonamides is 1. The van der Waals surface area contributed by atoms with Gasteiger partial charge in [0.15, 0.2) is 0 Å². The van der Waals surface area contributed by atoms with E-state index in [1.807, 2.05) is 6.08 Å². The van der Waals surface area contributed by atoms with Gasteiger partial charge in [0.2, 0.25) is 21.8 Å². The molecule has 2 saturated carbocycles. The molecule has 1 unspecified atom stereocenters. The second-order valence-corrected chi connectivity index (χ2v) is 19.0. The molecule has 2 aliphatic carbocycles. The zero-order valence-electron chi connectivity index (χ0n) is 32.9. The summed E-state index contributed by atoms with van der Waals surface area (Å²) in [7, 11) is -4.09. The average Bonchev–Trinajstić information content (AvgIpc) is 3.94. The molecule has 0 spiro atoms. The molecule has 322 valence electrons. The minimum atomic E-state index is -4.55. The van der Waals surface area contributed by atoms with Crippen LogP contribution in [0.15, 0.2) is 60.1 Å². The van der Waals surface area contributed by atoms with Gasteiger partial charge in [0.25, 0.3) is 5.91 Å². The van der Waals surface area contributed by atoms with E-state index in [1.54, 1.807) is 37.6 Å². The van der Waals surface area contributed by atoms with Crippen LogP contribution in [0.2, 0.25) is 0 Å². The van der Waals surface area contributed by atoms with Gasteiger partial charge in [0, 0.05) is 41.6 Å². The van der Waals surface area contributed by atoms with Crippen molar-refractivity contribution in [3.8, 4) is 27.7 Å². The number of ether oxygens (including phenoxy) is 2. The first-order valence-corrected chi connectivity index (χ1v) is 22.0. The van der Waals surface area contributed by atoms with Gasteiger partial charge in [0.1, 0.15) is 40.2 Å². The number of allylic oxidation sites excluding steroid dienone is 1. The summed E-state index contributed by atoms with van der Waals surface area (Å²) >= 11 is 1.27. The number of rotatable bonds is 9. The Morgan fingerprint density at radius 1 is 1.15 bits per heavy atom. The Bertz CT molecular complexity index is 2270. The van der Waals surface area contributed by atoms with Gasteiger partial charge < -0.3 is 30.1 Å². The number of hydrogen-bond donors (Lipinski definition) is 4. The third kappa shape index (κ3) is 9.00. The van der Waals surface area contributed by atoms with Crippen molar-refractivity contribution in [3.05, 3.63) is 65.7 Å². The number of halogens is 3. The van der Waals surface area contributed by atoms with E-state index in [0.29, 0.717) is 41.9 Å². The first-order chi connectivity index (χ1) is 28.3. The summed E-state index contributed by atoms with van der Waals surface area (Å²) in [5.74, 6) is -2.85. The number of thiazole rings is 1. The quantitative estimate of drug-likeness (QED) is 0.204. The van der Waals surface area contributed by atoms with Crippen molar-refractivity contribution in [2.24, 2.45) is 5.92 Å². The fourth-order valence-corrected chi connectivity index (χ4v) is 9.55. The molecular formula is C40H45F3N6O9S2. The highest BCUT2D eigenvalue weighted by Gasteiger charge is 2.63. The lowest BCUT2D eigenvalue weighted by Crippen LogP contribution is -2.60. The Hall–Kier alpha value is -5.08. The summed E-state index contributed by atoms with van der Waals surface area (Å²) in [6, 6.07) is 4.72. The Kier molecular flexibility index (Phi) is 11.8. The van der Waals surface area contributed by atoms with Gasteiger partial charge in [-0.25, -0.2) is 23.2 Å². The summed E-state index contributed by atoms with van der Waals surface area (Å²) in [4.78, 5) is 65.3. The van der Waals surface area contributed by atoms with Crippen LogP contribution in [0.25, 0.3) is 22.0 Å². The molecule has 1 saturated heterocycles. The average molecular weight is 875 g/mol. The number of hydrogen-bond acceptors (Lipinski definition) is 11. The molecule has 0 bridgehead atoms. The van der Waals surface area contributed by atoms with E-state index < -0.39 is 92.2 Å². The fraction of sp³-hybridized carbons (Fsp3) is 0.500. The van der Waals surface area contributed by atoms with Crippen molar-refractivity contribution in [3.63, 3.8) is 0 Å². The maximum absolute atomic E-state index is 14.6. The van der Waals surface area contributed by atoms with E-state index in [-0.39, 0.29) is 37.3 Å². The highest BCUT2D eigenvalue weighted by atomic mass is 32.2. The second kappa shape index (κ2) is 16.4.